The van der Waals surface area contributed by atoms with Gasteiger partial charge in [-0.1, -0.05) is 6.07 Å². The summed E-state index contributed by atoms with van der Waals surface area (Å²) in [5.41, 5.74) is -0.0545. The second-order valence-electron chi connectivity index (χ2n) is 6.83. The molecule has 1 fully saturated rings. The Kier molecular flexibility index (Phi) is 5.43. The second kappa shape index (κ2) is 7.32. The molecule has 0 saturated carbocycles. The van der Waals surface area contributed by atoms with Crippen molar-refractivity contribution in [1.29, 1.82) is 5.26 Å². The molecule has 124 valence electrons. The fraction of sp³-hybridized carbons (Fsp3) is 0.588. The number of nitrogens with one attached hydrogen (secondary N) is 1. The molecule has 2 heterocycles. The van der Waals surface area contributed by atoms with Crippen LogP contribution in [0.3, 0.4) is 0 Å². The van der Waals surface area contributed by atoms with Gasteiger partial charge in [0.05, 0.1) is 0 Å². The Balaban J connectivity index is 1.88. The van der Waals surface area contributed by atoms with Crippen molar-refractivity contribution in [3.8, 4) is 6.07 Å². The molecular formula is C17H24N4O2. The summed E-state index contributed by atoms with van der Waals surface area (Å²) in [6.07, 6.45) is 1.72. The van der Waals surface area contributed by atoms with Crippen LogP contribution < -0.4 is 10.2 Å². The topological polar surface area (TPSA) is 78.2 Å². The molecule has 1 aliphatic heterocycles. The number of carbonyl (C=O) groups excluding carboxylic acids is 1. The minimum Gasteiger partial charge on any atom is -0.444 e. The first-order valence-electron chi connectivity index (χ1n) is 7.96. The number of hydrogen-bond acceptors (Lipinski definition) is 5. The van der Waals surface area contributed by atoms with E-state index in [1.807, 2.05) is 32.9 Å². The second-order valence-corrected chi connectivity index (χ2v) is 6.83. The molecule has 1 aromatic heterocycles. The van der Waals surface area contributed by atoms with E-state index in [0.717, 1.165) is 31.7 Å². The fourth-order valence-electron chi connectivity index (χ4n) is 2.64. The number of alkyl carbamates (subject to hydrolysis) is 1. The zero-order valence-electron chi connectivity index (χ0n) is 14.0. The predicted octanol–water partition coefficient (Wildman–Crippen LogP) is 2.69. The van der Waals surface area contributed by atoms with Gasteiger partial charge in [0.2, 0.25) is 0 Å². The normalized spacial score (nSPS) is 18.2. The summed E-state index contributed by atoms with van der Waals surface area (Å²) in [5, 5.41) is 11.8. The number of piperidine rings is 1. The van der Waals surface area contributed by atoms with Crippen LogP contribution in [0.5, 0.6) is 0 Å². The van der Waals surface area contributed by atoms with Crippen molar-refractivity contribution in [2.45, 2.75) is 39.2 Å². The molecule has 1 unspecified atom stereocenters. The molecule has 1 saturated heterocycles. The number of nitrogens with zero attached hydrogens (tertiary/aromatic N) is 3. The maximum absolute atomic E-state index is 11.7. The number of hydrogen-bond donors (Lipinski definition) is 1. The fourth-order valence-corrected chi connectivity index (χ4v) is 2.64. The lowest BCUT2D eigenvalue weighted by Crippen LogP contribution is -2.42. The number of rotatable bonds is 3. The van der Waals surface area contributed by atoms with Gasteiger partial charge in [0, 0.05) is 19.6 Å². The molecule has 0 spiro atoms. The summed E-state index contributed by atoms with van der Waals surface area (Å²) < 4.78 is 5.26. The van der Waals surface area contributed by atoms with Gasteiger partial charge in [-0.05, 0) is 51.7 Å². The van der Waals surface area contributed by atoms with Crippen molar-refractivity contribution >= 4 is 11.9 Å². The van der Waals surface area contributed by atoms with E-state index in [4.69, 9.17) is 10.00 Å². The van der Waals surface area contributed by atoms with E-state index >= 15 is 0 Å². The Morgan fingerprint density at radius 3 is 3.00 bits per heavy atom. The van der Waals surface area contributed by atoms with E-state index in [-0.39, 0.29) is 6.09 Å². The lowest BCUT2D eigenvalue weighted by molar-refractivity contribution is 0.0517. The highest BCUT2D eigenvalue weighted by Crippen LogP contribution is 2.21. The third-order valence-corrected chi connectivity index (χ3v) is 3.63. The van der Waals surface area contributed by atoms with Crippen LogP contribution in [0, 0.1) is 17.2 Å². The van der Waals surface area contributed by atoms with Crippen molar-refractivity contribution in [2.24, 2.45) is 5.92 Å². The summed E-state index contributed by atoms with van der Waals surface area (Å²) in [4.78, 5) is 18.3. The van der Waals surface area contributed by atoms with Crippen molar-refractivity contribution in [2.75, 3.05) is 24.5 Å². The first-order valence-corrected chi connectivity index (χ1v) is 7.96. The molecule has 0 bridgehead atoms. The van der Waals surface area contributed by atoms with Crippen LogP contribution in [0.1, 0.15) is 39.3 Å². The highest BCUT2D eigenvalue weighted by molar-refractivity contribution is 5.67. The third-order valence-electron chi connectivity index (χ3n) is 3.63. The van der Waals surface area contributed by atoms with E-state index in [1.165, 1.54) is 0 Å². The minimum absolute atomic E-state index is 0.351. The maximum Gasteiger partial charge on any atom is 0.407 e. The molecule has 1 atom stereocenters. The first-order chi connectivity index (χ1) is 10.9. The van der Waals surface area contributed by atoms with Gasteiger partial charge in [-0.3, -0.25) is 0 Å². The summed E-state index contributed by atoms with van der Waals surface area (Å²) in [6, 6.07) is 7.54. The molecule has 6 heteroatoms. The number of carbonyl (C=O) groups is 1. The van der Waals surface area contributed by atoms with E-state index < -0.39 is 5.60 Å². The number of pyridine rings is 1. The zero-order chi connectivity index (χ0) is 16.9. The van der Waals surface area contributed by atoms with Crippen molar-refractivity contribution in [3.63, 3.8) is 0 Å². The Hall–Kier alpha value is -2.29. The average Bonchev–Trinajstić information content (AvgIpc) is 2.52. The molecule has 23 heavy (non-hydrogen) atoms. The van der Waals surface area contributed by atoms with Gasteiger partial charge in [-0.15, -0.1) is 0 Å². The molecule has 0 aromatic carbocycles. The van der Waals surface area contributed by atoms with Crippen LogP contribution in [0.4, 0.5) is 10.6 Å². The molecule has 1 aromatic rings. The summed E-state index contributed by atoms with van der Waals surface area (Å²) in [6.45, 7) is 7.88. The van der Waals surface area contributed by atoms with Gasteiger partial charge in [-0.2, -0.15) is 5.26 Å². The van der Waals surface area contributed by atoms with Crippen molar-refractivity contribution in [1.82, 2.24) is 10.3 Å². The number of amides is 1. The molecule has 1 amide bonds. The molecule has 1 aliphatic rings. The Morgan fingerprint density at radius 1 is 1.52 bits per heavy atom. The van der Waals surface area contributed by atoms with Crippen LogP contribution in [0.15, 0.2) is 18.2 Å². The van der Waals surface area contributed by atoms with E-state index in [9.17, 15) is 4.79 Å². The molecule has 1 N–H and O–H groups in total. The smallest absolute Gasteiger partial charge is 0.407 e. The Labute approximate surface area is 137 Å². The summed E-state index contributed by atoms with van der Waals surface area (Å²) >= 11 is 0. The summed E-state index contributed by atoms with van der Waals surface area (Å²) in [7, 11) is 0. The van der Waals surface area contributed by atoms with E-state index in [0.29, 0.717) is 18.2 Å². The van der Waals surface area contributed by atoms with Crippen LogP contribution >= 0.6 is 0 Å². The molecule has 2 rings (SSSR count). The van der Waals surface area contributed by atoms with Gasteiger partial charge in [-0.25, -0.2) is 9.78 Å². The standard InChI is InChI=1S/C17H24N4O2/c1-17(2,3)23-16(22)19-11-13-6-5-9-21(12-13)15-8-4-7-14(10-18)20-15/h4,7-8,13H,5-6,9,11-12H2,1-3H3,(H,19,22). The van der Waals surface area contributed by atoms with Crippen molar-refractivity contribution in [3.05, 3.63) is 23.9 Å². The third kappa shape index (κ3) is 5.44. The van der Waals surface area contributed by atoms with Crippen LogP contribution in [-0.4, -0.2) is 36.3 Å². The Bertz CT molecular complexity index is 589. The predicted molar refractivity (Wildman–Crippen MR) is 88.1 cm³/mol. The monoisotopic (exact) mass is 316 g/mol. The largest absolute Gasteiger partial charge is 0.444 e. The zero-order valence-corrected chi connectivity index (χ0v) is 14.0. The van der Waals surface area contributed by atoms with Gasteiger partial charge >= 0.3 is 6.09 Å². The first kappa shape index (κ1) is 17.1. The van der Waals surface area contributed by atoms with Crippen LogP contribution in [0.2, 0.25) is 0 Å². The van der Waals surface area contributed by atoms with Gasteiger partial charge < -0.3 is 15.0 Å². The Morgan fingerprint density at radius 2 is 2.30 bits per heavy atom. The number of ether oxygens (including phenoxy) is 1. The van der Waals surface area contributed by atoms with Crippen molar-refractivity contribution < 1.29 is 9.53 Å². The quantitative estimate of drug-likeness (QED) is 0.927. The van der Waals surface area contributed by atoms with Gasteiger partial charge in [0.25, 0.3) is 0 Å². The van der Waals surface area contributed by atoms with E-state index in [2.05, 4.69) is 21.3 Å². The van der Waals surface area contributed by atoms with E-state index in [1.54, 1.807) is 6.07 Å². The number of nitriles is 1. The molecule has 6 nitrogen and oxygen atoms in total. The van der Waals surface area contributed by atoms with Gasteiger partial charge in [0.15, 0.2) is 0 Å². The SMILES string of the molecule is CC(C)(C)OC(=O)NCC1CCCN(c2cccc(C#N)n2)C1. The van der Waals surface area contributed by atoms with Gasteiger partial charge in [0.1, 0.15) is 23.2 Å². The highest BCUT2D eigenvalue weighted by atomic mass is 16.6. The highest BCUT2D eigenvalue weighted by Gasteiger charge is 2.23. The molecule has 0 aliphatic carbocycles. The minimum atomic E-state index is -0.482. The average molecular weight is 316 g/mol. The lowest BCUT2D eigenvalue weighted by atomic mass is 9.98. The molecule has 0 radical (unpaired) electrons. The van der Waals surface area contributed by atoms with Crippen LogP contribution in [-0.2, 0) is 4.74 Å². The lowest BCUT2D eigenvalue weighted by Gasteiger charge is -2.33. The van der Waals surface area contributed by atoms with Crippen LogP contribution in [0.25, 0.3) is 0 Å². The number of anilines is 1. The number of aromatic nitrogens is 1. The maximum atomic E-state index is 11.7. The summed E-state index contributed by atoms with van der Waals surface area (Å²) in [5.74, 6) is 1.18. The molecular weight excluding hydrogens is 292 g/mol.